The summed E-state index contributed by atoms with van der Waals surface area (Å²) in [5.74, 6) is -2.18. The van der Waals surface area contributed by atoms with E-state index in [1.54, 1.807) is 45.2 Å². The number of rotatable bonds is 8. The molecule has 2 amide bonds. The minimum Gasteiger partial charge on any atom is -0.478 e. The number of halogens is 2. The first-order valence-corrected chi connectivity index (χ1v) is 10.1. The molecule has 1 aromatic rings. The van der Waals surface area contributed by atoms with E-state index in [0.29, 0.717) is 0 Å². The second-order valence-electron chi connectivity index (χ2n) is 6.26. The number of alkyl halides is 2. The molecule has 2 atom stereocenters. The maximum atomic E-state index is 12.9. The lowest BCUT2D eigenvalue weighted by Crippen LogP contribution is -2.57. The lowest BCUT2D eigenvalue weighted by atomic mass is 10.0. The lowest BCUT2D eigenvalue weighted by Gasteiger charge is -2.32. The molecule has 0 spiro atoms. The van der Waals surface area contributed by atoms with Crippen LogP contribution in [-0.2, 0) is 20.8 Å². The highest BCUT2D eigenvalue weighted by Gasteiger charge is 2.42. The number of carbonyl (C=O) groups excluding carboxylic acids is 2. The van der Waals surface area contributed by atoms with E-state index < -0.39 is 31.4 Å². The zero-order chi connectivity index (χ0) is 20.1. The van der Waals surface area contributed by atoms with E-state index in [1.165, 1.54) is 7.05 Å². The van der Waals surface area contributed by atoms with Gasteiger partial charge in [-0.15, -0.1) is 0 Å². The lowest BCUT2D eigenvalue weighted by molar-refractivity contribution is -0.146. The topological polar surface area (TPSA) is 113 Å². The Balaban J connectivity index is 3.08. The molecule has 26 heavy (non-hydrogen) atoms. The Labute approximate surface area is 180 Å². The van der Waals surface area contributed by atoms with E-state index in [-0.39, 0.29) is 12.3 Å². The van der Waals surface area contributed by atoms with Gasteiger partial charge in [-0.2, -0.15) is 0 Å². The van der Waals surface area contributed by atoms with Crippen molar-refractivity contribution in [3.63, 3.8) is 0 Å². The van der Waals surface area contributed by atoms with Gasteiger partial charge in [0.15, 0.2) is 0 Å². The van der Waals surface area contributed by atoms with Crippen LogP contribution in [-0.4, -0.2) is 48.5 Å². The molecule has 0 aromatic heterocycles. The van der Waals surface area contributed by atoms with Crippen LogP contribution in [0.1, 0.15) is 19.4 Å². The third kappa shape index (κ3) is 6.05. The average molecular weight is 587 g/mol. The van der Waals surface area contributed by atoms with E-state index >= 15 is 0 Å². The first-order chi connectivity index (χ1) is 12.0. The average Bonchev–Trinajstić information content (AvgIpc) is 2.59. The number of carboxylic acid groups (broad SMARTS) is 1. The van der Waals surface area contributed by atoms with Crippen LogP contribution in [0, 0.1) is 5.92 Å². The van der Waals surface area contributed by atoms with Crippen LogP contribution in [0.25, 0.3) is 0 Å². The van der Waals surface area contributed by atoms with Gasteiger partial charge in [0.25, 0.3) is 0 Å². The minimum atomic E-state index is -1.47. The zero-order valence-corrected chi connectivity index (χ0v) is 19.1. The van der Waals surface area contributed by atoms with Gasteiger partial charge in [-0.1, -0.05) is 44.2 Å². The Morgan fingerprint density at radius 3 is 2.23 bits per heavy atom. The number of likely N-dealkylation sites (N-methyl/N-ethyl adjacent to an activating group) is 1. The van der Waals surface area contributed by atoms with Crippen LogP contribution in [0.3, 0.4) is 0 Å². The summed E-state index contributed by atoms with van der Waals surface area (Å²) in [4.78, 5) is 37.9. The van der Waals surface area contributed by atoms with E-state index in [2.05, 4.69) is 5.32 Å². The highest BCUT2D eigenvalue weighted by Crippen LogP contribution is 2.32. The van der Waals surface area contributed by atoms with Gasteiger partial charge >= 0.3 is 5.97 Å². The maximum absolute atomic E-state index is 12.9. The van der Waals surface area contributed by atoms with Gasteiger partial charge in [-0.05, 0) is 56.7 Å². The number of nitrogens with two attached hydrogens (primary N) is 1. The summed E-state index contributed by atoms with van der Waals surface area (Å²) in [5, 5.41) is 12.0. The molecule has 0 aliphatic heterocycles. The molecule has 7 nitrogen and oxygen atoms in total. The van der Waals surface area contributed by atoms with Gasteiger partial charge in [0.05, 0.1) is 6.04 Å². The molecule has 0 saturated heterocycles. The fourth-order valence-electron chi connectivity index (χ4n) is 2.14. The Kier molecular flexibility index (Phi) is 8.73. The summed E-state index contributed by atoms with van der Waals surface area (Å²) in [6.45, 7) is 3.63. The summed E-state index contributed by atoms with van der Waals surface area (Å²) in [6, 6.07) is 7.53. The normalized spacial score (nSPS) is 13.8. The monoisotopic (exact) mass is 587 g/mol. The summed E-state index contributed by atoms with van der Waals surface area (Å²) in [5.41, 5.74) is 6.73. The van der Waals surface area contributed by atoms with Crippen LogP contribution < -0.4 is 11.1 Å². The second-order valence-corrected chi connectivity index (χ2v) is 11.5. The van der Waals surface area contributed by atoms with Gasteiger partial charge in [-0.3, -0.25) is 9.59 Å². The summed E-state index contributed by atoms with van der Waals surface area (Å²) in [6.07, 6.45) is 0.240. The first-order valence-electron chi connectivity index (χ1n) is 7.97. The van der Waals surface area contributed by atoms with Crippen molar-refractivity contribution in [1.29, 1.82) is 0 Å². The number of hydrogen-bond donors (Lipinski definition) is 3. The molecular formula is C17H23I2N3O4. The van der Waals surface area contributed by atoms with Crippen LogP contribution in [0.2, 0.25) is 0 Å². The van der Waals surface area contributed by atoms with Gasteiger partial charge in [0.1, 0.15) is 6.04 Å². The molecule has 0 fully saturated rings. The molecular weight excluding hydrogens is 564 g/mol. The zero-order valence-electron chi connectivity index (χ0n) is 14.8. The molecule has 1 rings (SSSR count). The molecule has 0 radical (unpaired) electrons. The third-order valence-corrected chi connectivity index (χ3v) is 6.30. The maximum Gasteiger partial charge on any atom is 0.350 e. The van der Waals surface area contributed by atoms with Crippen molar-refractivity contribution in [3.05, 3.63) is 35.9 Å². The number of amides is 2. The van der Waals surface area contributed by atoms with Crippen LogP contribution in [0.5, 0.6) is 0 Å². The highest BCUT2D eigenvalue weighted by molar-refractivity contribution is 14.2. The van der Waals surface area contributed by atoms with E-state index in [0.717, 1.165) is 10.5 Å². The predicted molar refractivity (Wildman–Crippen MR) is 116 cm³/mol. The fourth-order valence-corrected chi connectivity index (χ4v) is 2.61. The second kappa shape index (κ2) is 9.83. The largest absolute Gasteiger partial charge is 0.478 e. The smallest absolute Gasteiger partial charge is 0.350 e. The van der Waals surface area contributed by atoms with Crippen molar-refractivity contribution in [1.82, 2.24) is 10.2 Å². The molecule has 0 aliphatic carbocycles. The third-order valence-electron chi connectivity index (χ3n) is 3.93. The Bertz CT molecular complexity index is 653. The molecule has 0 heterocycles. The Morgan fingerprint density at radius 2 is 1.77 bits per heavy atom. The molecule has 1 aromatic carbocycles. The number of carboxylic acids is 1. The number of nitrogens with one attached hydrogen (secondary N) is 1. The summed E-state index contributed by atoms with van der Waals surface area (Å²) in [7, 11) is 1.40. The molecule has 0 bridgehead atoms. The van der Waals surface area contributed by atoms with Crippen molar-refractivity contribution in [2.24, 2.45) is 11.7 Å². The summed E-state index contributed by atoms with van der Waals surface area (Å²) < 4.78 is -1.47. The van der Waals surface area contributed by atoms with Crippen molar-refractivity contribution < 1.29 is 19.5 Å². The first kappa shape index (κ1) is 23.1. The van der Waals surface area contributed by atoms with Crippen molar-refractivity contribution in [3.8, 4) is 0 Å². The molecule has 144 valence electrons. The van der Waals surface area contributed by atoms with Gasteiger partial charge < -0.3 is 21.1 Å². The number of benzene rings is 1. The van der Waals surface area contributed by atoms with Gasteiger partial charge in [0, 0.05) is 13.5 Å². The van der Waals surface area contributed by atoms with E-state index in [9.17, 15) is 19.5 Å². The predicted octanol–water partition coefficient (Wildman–Crippen LogP) is 1.76. The highest BCUT2D eigenvalue weighted by atomic mass is 127. The van der Waals surface area contributed by atoms with E-state index in [1.807, 2.05) is 44.2 Å². The minimum absolute atomic E-state index is 0.0903. The van der Waals surface area contributed by atoms with Crippen LogP contribution >= 0.6 is 45.2 Å². The van der Waals surface area contributed by atoms with E-state index in [4.69, 9.17) is 5.73 Å². The number of carbonyl (C=O) groups is 3. The quantitative estimate of drug-likeness (QED) is 0.244. The summed E-state index contributed by atoms with van der Waals surface area (Å²) >= 11 is 3.37. The number of aliphatic carboxylic acids is 1. The Hall–Kier alpha value is -0.950. The molecule has 0 saturated carbocycles. The fraction of sp³-hybridized carbons (Fsp3) is 0.471. The van der Waals surface area contributed by atoms with Crippen molar-refractivity contribution in [2.75, 3.05) is 7.05 Å². The molecule has 4 N–H and O–H groups in total. The molecule has 0 unspecified atom stereocenters. The standard InChI is InChI=1S/C17H23I2N3O4/c1-10(2)13(20)14(23)21-12(9-11-7-5-4-6-8-11)15(24)22(3)17(18,19)16(25)26/h4-8,10,12-13H,9,20H2,1-3H3,(H,21,23)(H,25,26)/t12-,13-/m1/s1. The van der Waals surface area contributed by atoms with Gasteiger partial charge in [-0.25, -0.2) is 4.79 Å². The van der Waals surface area contributed by atoms with Crippen LogP contribution in [0.4, 0.5) is 0 Å². The van der Waals surface area contributed by atoms with Crippen molar-refractivity contribution >= 4 is 63.0 Å². The van der Waals surface area contributed by atoms with Crippen LogP contribution in [0.15, 0.2) is 30.3 Å². The van der Waals surface area contributed by atoms with Crippen molar-refractivity contribution in [2.45, 2.75) is 33.9 Å². The van der Waals surface area contributed by atoms with Gasteiger partial charge in [0.2, 0.25) is 13.4 Å². The molecule has 0 aliphatic rings. The number of nitrogens with zero attached hydrogens (tertiary/aromatic N) is 1. The number of hydrogen-bond acceptors (Lipinski definition) is 4. The Morgan fingerprint density at radius 1 is 1.23 bits per heavy atom. The SMILES string of the molecule is CC(C)[C@@H](N)C(=O)N[C@H](Cc1ccccc1)C(=O)N(C)C(I)(I)C(=O)O. The molecule has 9 heteroatoms.